The van der Waals surface area contributed by atoms with Crippen molar-refractivity contribution in [1.82, 2.24) is 14.7 Å². The van der Waals surface area contributed by atoms with Crippen LogP contribution in [0.5, 0.6) is 0 Å². The van der Waals surface area contributed by atoms with Gasteiger partial charge in [0.25, 0.3) is 0 Å². The summed E-state index contributed by atoms with van der Waals surface area (Å²) in [6.45, 7) is 5.77. The molecule has 0 spiro atoms. The summed E-state index contributed by atoms with van der Waals surface area (Å²) in [5.41, 5.74) is 8.89. The summed E-state index contributed by atoms with van der Waals surface area (Å²) in [6.07, 6.45) is 2.15. The van der Waals surface area contributed by atoms with E-state index in [-0.39, 0.29) is 18.0 Å². The highest BCUT2D eigenvalue weighted by atomic mass is 16.1. The predicted molar refractivity (Wildman–Crippen MR) is 89.8 cm³/mol. The minimum Gasteiger partial charge on any atom is -0.368 e. The van der Waals surface area contributed by atoms with E-state index < -0.39 is 0 Å². The number of primary amides is 1. The molecule has 2 N–H and O–H groups in total. The van der Waals surface area contributed by atoms with Crippen molar-refractivity contribution in [3.05, 3.63) is 53.3 Å². The number of hydrogen-bond acceptors (Lipinski definition) is 3. The Balaban J connectivity index is 1.84. The van der Waals surface area contributed by atoms with Gasteiger partial charge in [0.1, 0.15) is 6.04 Å². The monoisotopic (exact) mass is 312 g/mol. The molecule has 1 saturated heterocycles. The molecule has 5 heteroatoms. The third kappa shape index (κ3) is 3.29. The maximum absolute atomic E-state index is 12.1. The molecule has 1 aliphatic rings. The number of aryl methyl sites for hydroxylation is 2. The van der Waals surface area contributed by atoms with Crippen LogP contribution in [0.15, 0.2) is 36.4 Å². The van der Waals surface area contributed by atoms with Crippen LogP contribution in [0.3, 0.4) is 0 Å². The minimum atomic E-state index is -0.360. The molecule has 0 unspecified atom stereocenters. The fraction of sp³-hybridized carbons (Fsp3) is 0.444. The molecule has 3 rings (SSSR count). The second kappa shape index (κ2) is 6.54. The Kier molecular flexibility index (Phi) is 4.48. The first-order valence-corrected chi connectivity index (χ1v) is 8.17. The lowest BCUT2D eigenvalue weighted by Gasteiger charge is -2.31. The summed E-state index contributed by atoms with van der Waals surface area (Å²) >= 11 is 0. The van der Waals surface area contributed by atoms with Crippen molar-refractivity contribution in [2.24, 2.45) is 5.73 Å². The number of carbonyl (C=O) groups is 1. The van der Waals surface area contributed by atoms with Crippen molar-refractivity contribution >= 4 is 5.91 Å². The number of amides is 1. The molecule has 0 bridgehead atoms. The molecular formula is C18H24N4O. The Bertz CT molecular complexity index is 680. The first-order valence-electron chi connectivity index (χ1n) is 8.17. The zero-order valence-electron chi connectivity index (χ0n) is 13.8. The van der Waals surface area contributed by atoms with Gasteiger partial charge >= 0.3 is 0 Å². The first kappa shape index (κ1) is 15.7. The van der Waals surface area contributed by atoms with Crippen molar-refractivity contribution < 1.29 is 4.79 Å². The molecule has 2 atom stereocenters. The van der Waals surface area contributed by atoms with Crippen LogP contribution in [0, 0.1) is 13.8 Å². The van der Waals surface area contributed by atoms with E-state index in [1.807, 2.05) is 41.9 Å². The van der Waals surface area contributed by atoms with Gasteiger partial charge in [0.05, 0.1) is 12.2 Å². The van der Waals surface area contributed by atoms with Crippen molar-refractivity contribution in [1.29, 1.82) is 0 Å². The van der Waals surface area contributed by atoms with Crippen molar-refractivity contribution in [2.45, 2.75) is 45.3 Å². The van der Waals surface area contributed by atoms with Crippen LogP contribution in [0.2, 0.25) is 0 Å². The van der Waals surface area contributed by atoms with Crippen LogP contribution >= 0.6 is 0 Å². The fourth-order valence-corrected chi connectivity index (χ4v) is 3.61. The highest BCUT2D eigenvalue weighted by Gasteiger charge is 2.35. The quantitative estimate of drug-likeness (QED) is 0.920. The number of benzene rings is 1. The molecular weight excluding hydrogens is 288 g/mol. The summed E-state index contributed by atoms with van der Waals surface area (Å²) in [7, 11) is 0. The normalized spacial score (nSPS) is 19.8. The van der Waals surface area contributed by atoms with Crippen molar-refractivity contribution in [2.75, 3.05) is 6.54 Å². The van der Waals surface area contributed by atoms with E-state index in [2.05, 4.69) is 23.0 Å². The van der Waals surface area contributed by atoms with Crippen LogP contribution in [0.25, 0.3) is 0 Å². The summed E-state index contributed by atoms with van der Waals surface area (Å²) in [6, 6.07) is 11.8. The molecule has 0 saturated carbocycles. The number of carbonyl (C=O) groups excluding carboxylic acids is 1. The fourth-order valence-electron chi connectivity index (χ4n) is 3.61. The van der Waals surface area contributed by atoms with E-state index in [0.717, 1.165) is 42.9 Å². The van der Waals surface area contributed by atoms with Gasteiger partial charge in [-0.2, -0.15) is 5.10 Å². The van der Waals surface area contributed by atoms with Crippen LogP contribution in [0.1, 0.15) is 35.8 Å². The van der Waals surface area contributed by atoms with Gasteiger partial charge < -0.3 is 5.73 Å². The highest BCUT2D eigenvalue weighted by molar-refractivity contribution is 5.81. The van der Waals surface area contributed by atoms with E-state index in [1.54, 1.807) is 0 Å². The summed E-state index contributed by atoms with van der Waals surface area (Å²) < 4.78 is 2.04. The number of hydrogen-bond donors (Lipinski definition) is 1. The molecule has 5 nitrogen and oxygen atoms in total. The van der Waals surface area contributed by atoms with Crippen molar-refractivity contribution in [3.8, 4) is 0 Å². The minimum absolute atomic E-state index is 0.281. The smallest absolute Gasteiger partial charge is 0.239 e. The van der Waals surface area contributed by atoms with Crippen LogP contribution in [-0.2, 0) is 11.3 Å². The number of nitrogens with zero attached hydrogens (tertiary/aromatic N) is 3. The average Bonchev–Trinajstić information content (AvgIpc) is 3.08. The topological polar surface area (TPSA) is 64.2 Å². The molecule has 0 radical (unpaired) electrons. The third-order valence-corrected chi connectivity index (χ3v) is 4.63. The van der Waals surface area contributed by atoms with Gasteiger partial charge in [-0.1, -0.05) is 30.3 Å². The van der Waals surface area contributed by atoms with Crippen LogP contribution in [0.4, 0.5) is 0 Å². The molecule has 1 aliphatic heterocycles. The molecule has 1 fully saturated rings. The number of aromatic nitrogens is 2. The van der Waals surface area contributed by atoms with Gasteiger partial charge in [0, 0.05) is 11.7 Å². The van der Waals surface area contributed by atoms with Crippen LogP contribution in [-0.4, -0.2) is 33.2 Å². The molecule has 23 heavy (non-hydrogen) atoms. The van der Waals surface area contributed by atoms with Crippen molar-refractivity contribution in [3.63, 3.8) is 0 Å². The largest absolute Gasteiger partial charge is 0.368 e. The van der Waals surface area contributed by atoms with E-state index >= 15 is 0 Å². The Morgan fingerprint density at radius 3 is 2.70 bits per heavy atom. The molecule has 1 aromatic carbocycles. The van der Waals surface area contributed by atoms with Gasteiger partial charge in [-0.05, 0) is 44.9 Å². The van der Waals surface area contributed by atoms with E-state index in [1.165, 1.54) is 0 Å². The van der Waals surface area contributed by atoms with Gasteiger partial charge in [0.15, 0.2) is 0 Å². The lowest BCUT2D eigenvalue weighted by atomic mass is 10.0. The second-order valence-corrected chi connectivity index (χ2v) is 6.36. The molecule has 2 aromatic rings. The molecule has 1 amide bonds. The summed E-state index contributed by atoms with van der Waals surface area (Å²) in [5, 5.41) is 4.56. The maximum atomic E-state index is 12.1. The molecule has 2 heterocycles. The van der Waals surface area contributed by atoms with Crippen LogP contribution < -0.4 is 5.73 Å². The number of nitrogens with two attached hydrogens (primary N) is 1. The van der Waals surface area contributed by atoms with Gasteiger partial charge in [-0.15, -0.1) is 0 Å². The predicted octanol–water partition coefficient (Wildman–Crippen LogP) is 2.19. The van der Waals surface area contributed by atoms with E-state index in [9.17, 15) is 4.79 Å². The lowest BCUT2D eigenvalue weighted by Crippen LogP contribution is -2.42. The first-order chi connectivity index (χ1) is 11.1. The Labute approximate surface area is 137 Å². The summed E-state index contributed by atoms with van der Waals surface area (Å²) in [4.78, 5) is 14.4. The Hall–Kier alpha value is -2.14. The standard InChI is InChI=1S/C18H24N4O/c1-13-11-14(2)22(20-13)12-16-9-6-10-21(16)17(18(19)23)15-7-4-3-5-8-15/h3-5,7-8,11,16-17H,6,9-10,12H2,1-2H3,(H2,19,23)/t16-,17-/m0/s1. The SMILES string of the molecule is Cc1cc(C)n(C[C@@H]2CCCN2[C@H](C(N)=O)c2ccccc2)n1. The Morgan fingerprint density at radius 2 is 2.09 bits per heavy atom. The zero-order chi connectivity index (χ0) is 16.4. The number of rotatable bonds is 5. The van der Waals surface area contributed by atoms with Gasteiger partial charge in [-0.3, -0.25) is 14.4 Å². The lowest BCUT2D eigenvalue weighted by molar-refractivity contribution is -0.124. The highest BCUT2D eigenvalue weighted by Crippen LogP contribution is 2.30. The summed E-state index contributed by atoms with van der Waals surface area (Å²) in [5.74, 6) is -0.281. The Morgan fingerprint density at radius 1 is 1.35 bits per heavy atom. The second-order valence-electron chi connectivity index (χ2n) is 6.36. The van der Waals surface area contributed by atoms with Gasteiger partial charge in [-0.25, -0.2) is 0 Å². The zero-order valence-corrected chi connectivity index (χ0v) is 13.8. The average molecular weight is 312 g/mol. The third-order valence-electron chi connectivity index (χ3n) is 4.63. The van der Waals surface area contributed by atoms with Gasteiger partial charge in [0.2, 0.25) is 5.91 Å². The number of likely N-dealkylation sites (tertiary alicyclic amines) is 1. The van der Waals surface area contributed by atoms with E-state index in [4.69, 9.17) is 5.73 Å². The molecule has 0 aliphatic carbocycles. The maximum Gasteiger partial charge on any atom is 0.239 e. The molecule has 1 aromatic heterocycles. The van der Waals surface area contributed by atoms with E-state index in [0.29, 0.717) is 0 Å². The molecule has 122 valence electrons.